The molecule has 0 bridgehead atoms. The highest BCUT2D eigenvalue weighted by Gasteiger charge is 2.29. The molecule has 5 nitrogen and oxygen atoms in total. The molecule has 1 heterocycles. The van der Waals surface area contributed by atoms with Gasteiger partial charge in [0.25, 0.3) is 0 Å². The van der Waals surface area contributed by atoms with Crippen molar-refractivity contribution in [1.82, 2.24) is 15.5 Å². The number of carbonyl (C=O) groups excluding carboxylic acids is 1. The zero-order chi connectivity index (χ0) is 17.9. The summed E-state index contributed by atoms with van der Waals surface area (Å²) >= 11 is 1.85. The first kappa shape index (κ1) is 19.6. The lowest BCUT2D eigenvalue weighted by Gasteiger charge is -2.18. The number of likely N-dealkylation sites (tertiary alicyclic amines) is 1. The Morgan fingerprint density at radius 3 is 2.84 bits per heavy atom. The van der Waals surface area contributed by atoms with E-state index in [4.69, 9.17) is 0 Å². The molecule has 0 aliphatic carbocycles. The van der Waals surface area contributed by atoms with Crippen LogP contribution in [0.1, 0.15) is 18.4 Å². The number of thioether (sulfide) groups is 1. The average molecular weight is 363 g/mol. The molecule has 0 radical (unpaired) electrons. The summed E-state index contributed by atoms with van der Waals surface area (Å²) in [6, 6.07) is 10.4. The van der Waals surface area contributed by atoms with Gasteiger partial charge in [-0.2, -0.15) is 11.8 Å². The second-order valence-electron chi connectivity index (χ2n) is 6.37. The summed E-state index contributed by atoms with van der Waals surface area (Å²) in [6.45, 7) is 3.35. The Morgan fingerprint density at radius 2 is 2.12 bits per heavy atom. The van der Waals surface area contributed by atoms with Gasteiger partial charge in [-0.05, 0) is 30.4 Å². The summed E-state index contributed by atoms with van der Waals surface area (Å²) in [5, 5.41) is 6.68. The number of nitrogens with one attached hydrogen (secondary N) is 2. The van der Waals surface area contributed by atoms with Crippen molar-refractivity contribution in [3.8, 4) is 0 Å². The lowest BCUT2D eigenvalue weighted by Crippen LogP contribution is -2.40. The maximum Gasteiger partial charge on any atom is 0.223 e. The molecular formula is C19H30N4OS. The molecular weight excluding hydrogens is 332 g/mol. The van der Waals surface area contributed by atoms with Gasteiger partial charge in [-0.1, -0.05) is 30.3 Å². The van der Waals surface area contributed by atoms with Crippen LogP contribution >= 0.6 is 11.8 Å². The third kappa shape index (κ3) is 6.98. The number of rotatable bonds is 9. The van der Waals surface area contributed by atoms with Crippen molar-refractivity contribution >= 4 is 23.6 Å². The number of benzene rings is 1. The van der Waals surface area contributed by atoms with Crippen molar-refractivity contribution in [3.05, 3.63) is 35.9 Å². The van der Waals surface area contributed by atoms with Crippen LogP contribution in [0.25, 0.3) is 0 Å². The maximum atomic E-state index is 12.2. The van der Waals surface area contributed by atoms with E-state index in [-0.39, 0.29) is 5.91 Å². The molecule has 1 atom stereocenters. The highest BCUT2D eigenvalue weighted by Crippen LogP contribution is 2.17. The zero-order valence-electron chi connectivity index (χ0n) is 15.3. The average Bonchev–Trinajstić information content (AvgIpc) is 3.00. The van der Waals surface area contributed by atoms with E-state index in [2.05, 4.69) is 34.0 Å². The second kappa shape index (κ2) is 11.0. The lowest BCUT2D eigenvalue weighted by molar-refractivity contribution is -0.127. The van der Waals surface area contributed by atoms with Gasteiger partial charge in [0.1, 0.15) is 0 Å². The molecule has 1 fully saturated rings. The molecule has 2 N–H and O–H groups in total. The fraction of sp³-hybridized carbons (Fsp3) is 0.579. The minimum atomic E-state index is 0.269. The molecule has 1 aromatic rings. The summed E-state index contributed by atoms with van der Waals surface area (Å²) < 4.78 is 0. The summed E-state index contributed by atoms with van der Waals surface area (Å²) in [5.41, 5.74) is 1.28. The molecule has 0 spiro atoms. The van der Waals surface area contributed by atoms with Gasteiger partial charge >= 0.3 is 0 Å². The van der Waals surface area contributed by atoms with Crippen LogP contribution < -0.4 is 10.6 Å². The van der Waals surface area contributed by atoms with Crippen LogP contribution in [0.4, 0.5) is 0 Å². The first-order chi connectivity index (χ1) is 12.2. The molecule has 6 heteroatoms. The summed E-state index contributed by atoms with van der Waals surface area (Å²) in [4.78, 5) is 18.5. The van der Waals surface area contributed by atoms with E-state index in [9.17, 15) is 4.79 Å². The van der Waals surface area contributed by atoms with Crippen LogP contribution in [0.2, 0.25) is 0 Å². The van der Waals surface area contributed by atoms with E-state index < -0.39 is 0 Å². The molecule has 0 saturated carbocycles. The third-order valence-corrected chi connectivity index (χ3v) is 5.10. The van der Waals surface area contributed by atoms with Gasteiger partial charge in [0.15, 0.2) is 5.96 Å². The number of guanidine groups is 1. The van der Waals surface area contributed by atoms with Crippen molar-refractivity contribution in [2.75, 3.05) is 45.2 Å². The second-order valence-corrected chi connectivity index (χ2v) is 7.36. The van der Waals surface area contributed by atoms with E-state index in [1.807, 2.05) is 34.9 Å². The SMILES string of the molecule is CN=C(NCCCSC)NCC1CC(=O)N(CCc2ccccc2)C1. The van der Waals surface area contributed by atoms with Crippen molar-refractivity contribution < 1.29 is 4.79 Å². The molecule has 0 aromatic heterocycles. The first-order valence-electron chi connectivity index (χ1n) is 8.98. The quantitative estimate of drug-likeness (QED) is 0.401. The van der Waals surface area contributed by atoms with Crippen LogP contribution in [0.5, 0.6) is 0 Å². The van der Waals surface area contributed by atoms with Gasteiger partial charge in [0.2, 0.25) is 5.91 Å². The van der Waals surface area contributed by atoms with Gasteiger partial charge in [0, 0.05) is 45.6 Å². The van der Waals surface area contributed by atoms with E-state index in [0.29, 0.717) is 12.3 Å². The third-order valence-electron chi connectivity index (χ3n) is 4.41. The molecule has 138 valence electrons. The Kier molecular flexibility index (Phi) is 8.66. The number of nitrogens with zero attached hydrogens (tertiary/aromatic N) is 2. The van der Waals surface area contributed by atoms with Crippen LogP contribution in [0, 0.1) is 5.92 Å². The Morgan fingerprint density at radius 1 is 1.32 bits per heavy atom. The highest BCUT2D eigenvalue weighted by atomic mass is 32.2. The number of amides is 1. The Balaban J connectivity index is 1.68. The fourth-order valence-corrected chi connectivity index (χ4v) is 3.43. The van der Waals surface area contributed by atoms with Gasteiger partial charge < -0.3 is 15.5 Å². The van der Waals surface area contributed by atoms with E-state index in [1.54, 1.807) is 7.05 Å². The van der Waals surface area contributed by atoms with Gasteiger partial charge in [0.05, 0.1) is 0 Å². The number of aliphatic imine (C=N–C) groups is 1. The summed E-state index contributed by atoms with van der Waals surface area (Å²) in [6.07, 6.45) is 4.79. The molecule has 1 unspecified atom stereocenters. The van der Waals surface area contributed by atoms with E-state index in [1.165, 1.54) is 5.56 Å². The molecule has 1 saturated heterocycles. The molecule has 1 amide bonds. The van der Waals surface area contributed by atoms with Crippen LogP contribution in [0.15, 0.2) is 35.3 Å². The Bertz CT molecular complexity index is 550. The highest BCUT2D eigenvalue weighted by molar-refractivity contribution is 7.98. The van der Waals surface area contributed by atoms with Crippen molar-refractivity contribution in [2.24, 2.45) is 10.9 Å². The Labute approximate surface area is 155 Å². The number of carbonyl (C=O) groups is 1. The largest absolute Gasteiger partial charge is 0.356 e. The van der Waals surface area contributed by atoms with Crippen molar-refractivity contribution in [1.29, 1.82) is 0 Å². The topological polar surface area (TPSA) is 56.7 Å². The minimum Gasteiger partial charge on any atom is -0.356 e. The van der Waals surface area contributed by atoms with Gasteiger partial charge in [-0.15, -0.1) is 0 Å². The van der Waals surface area contributed by atoms with Crippen LogP contribution in [0.3, 0.4) is 0 Å². The van der Waals surface area contributed by atoms with Gasteiger partial charge in [-0.25, -0.2) is 0 Å². The predicted molar refractivity (Wildman–Crippen MR) is 107 cm³/mol. The monoisotopic (exact) mass is 362 g/mol. The normalized spacial score (nSPS) is 17.8. The maximum absolute atomic E-state index is 12.2. The standard InChI is InChI=1S/C19H30N4OS/c1-20-19(21-10-6-12-25-2)22-14-17-13-18(24)23(15-17)11-9-16-7-4-3-5-8-16/h3-5,7-8,17H,6,9-15H2,1-2H3,(H2,20,21,22). The molecule has 1 aliphatic rings. The molecule has 2 rings (SSSR count). The van der Waals surface area contributed by atoms with Crippen molar-refractivity contribution in [3.63, 3.8) is 0 Å². The molecule has 1 aromatic carbocycles. The van der Waals surface area contributed by atoms with E-state index in [0.717, 1.165) is 50.7 Å². The Hall–Kier alpha value is -1.69. The summed E-state index contributed by atoms with van der Waals surface area (Å²) in [7, 11) is 1.79. The summed E-state index contributed by atoms with van der Waals surface area (Å²) in [5.74, 6) is 2.60. The van der Waals surface area contributed by atoms with Gasteiger partial charge in [-0.3, -0.25) is 9.79 Å². The number of hydrogen-bond donors (Lipinski definition) is 2. The molecule has 25 heavy (non-hydrogen) atoms. The first-order valence-corrected chi connectivity index (χ1v) is 10.4. The molecule has 1 aliphatic heterocycles. The minimum absolute atomic E-state index is 0.269. The smallest absolute Gasteiger partial charge is 0.223 e. The zero-order valence-corrected chi connectivity index (χ0v) is 16.1. The number of hydrogen-bond acceptors (Lipinski definition) is 3. The van der Waals surface area contributed by atoms with Crippen LogP contribution in [-0.2, 0) is 11.2 Å². The predicted octanol–water partition coefficient (Wildman–Crippen LogP) is 2.00. The lowest BCUT2D eigenvalue weighted by atomic mass is 10.1. The van der Waals surface area contributed by atoms with Crippen LogP contribution in [-0.4, -0.2) is 62.0 Å². The fourth-order valence-electron chi connectivity index (χ4n) is 3.00. The van der Waals surface area contributed by atoms with E-state index >= 15 is 0 Å². The van der Waals surface area contributed by atoms with Crippen molar-refractivity contribution in [2.45, 2.75) is 19.3 Å².